The van der Waals surface area contributed by atoms with E-state index in [1.54, 1.807) is 12.2 Å². The molecule has 0 heterocycles. The van der Waals surface area contributed by atoms with Crippen LogP contribution in [0.4, 0.5) is 0 Å². The zero-order valence-electron chi connectivity index (χ0n) is 33.5. The van der Waals surface area contributed by atoms with Crippen molar-refractivity contribution >= 4 is 19.8 Å². The van der Waals surface area contributed by atoms with Crippen LogP contribution in [0.25, 0.3) is 0 Å². The summed E-state index contributed by atoms with van der Waals surface area (Å²) in [6.07, 6.45) is 42.9. The second kappa shape index (κ2) is 38.3. The Bertz CT molecular complexity index is 1020. The summed E-state index contributed by atoms with van der Waals surface area (Å²) in [5, 5.41) is 10.2. The van der Waals surface area contributed by atoms with Gasteiger partial charge < -0.3 is 24.4 Å². The maximum Gasteiger partial charge on any atom is 0.469 e. The van der Waals surface area contributed by atoms with E-state index in [9.17, 15) is 19.3 Å². The highest BCUT2D eigenvalue weighted by atomic mass is 31.2. The van der Waals surface area contributed by atoms with Gasteiger partial charge in [-0.1, -0.05) is 159 Å². The minimum Gasteiger partial charge on any atom is -0.462 e. The quantitative estimate of drug-likeness (QED) is 0.0184. The molecule has 53 heavy (non-hydrogen) atoms. The number of carbonyl (C=O) groups excluding carboxylic acids is 2. The minimum absolute atomic E-state index is 0.0418. The minimum atomic E-state index is -4.80. The third kappa shape index (κ3) is 41.0. The SMILES string of the molecule is CCCCCCCC/C=C\CCCCCCCCCC(=O)O[C@H](COC(=O)CCCC(O)/C=C/C=C/C/C=C/CCCCCCCC)COP(=O)(O)O. The van der Waals surface area contributed by atoms with E-state index in [4.69, 9.17) is 19.3 Å². The lowest BCUT2D eigenvalue weighted by Crippen LogP contribution is -2.29. The molecule has 0 saturated heterocycles. The van der Waals surface area contributed by atoms with Crippen molar-refractivity contribution in [2.75, 3.05) is 13.2 Å². The summed E-state index contributed by atoms with van der Waals surface area (Å²) >= 11 is 0. The van der Waals surface area contributed by atoms with Crippen molar-refractivity contribution in [1.82, 2.24) is 0 Å². The highest BCUT2D eigenvalue weighted by molar-refractivity contribution is 7.46. The van der Waals surface area contributed by atoms with Crippen molar-refractivity contribution in [3.8, 4) is 0 Å². The summed E-state index contributed by atoms with van der Waals surface area (Å²) < 4.78 is 26.3. The number of allylic oxidation sites excluding steroid dienone is 7. The number of phosphoric ester groups is 1. The Labute approximate surface area is 323 Å². The Morgan fingerprint density at radius 1 is 0.585 bits per heavy atom. The molecular weight excluding hydrogens is 691 g/mol. The van der Waals surface area contributed by atoms with Crippen molar-refractivity contribution in [2.24, 2.45) is 0 Å². The topological polar surface area (TPSA) is 140 Å². The van der Waals surface area contributed by atoms with Crippen molar-refractivity contribution in [3.05, 3.63) is 48.6 Å². The summed E-state index contributed by atoms with van der Waals surface area (Å²) in [5.41, 5.74) is 0. The third-order valence-corrected chi connectivity index (χ3v) is 9.41. The van der Waals surface area contributed by atoms with Crippen molar-refractivity contribution in [3.63, 3.8) is 0 Å². The number of ether oxygens (including phenoxy) is 2. The fourth-order valence-corrected chi connectivity index (χ4v) is 6.09. The van der Waals surface area contributed by atoms with E-state index in [1.165, 1.54) is 103 Å². The number of rotatable bonds is 38. The maximum absolute atomic E-state index is 12.4. The van der Waals surface area contributed by atoms with Gasteiger partial charge in [0.1, 0.15) is 6.61 Å². The average molecular weight is 769 g/mol. The molecule has 0 aliphatic carbocycles. The normalized spacial score (nSPS) is 13.5. The largest absolute Gasteiger partial charge is 0.469 e. The molecule has 0 bridgehead atoms. The predicted octanol–water partition coefficient (Wildman–Crippen LogP) is 11.7. The third-order valence-electron chi connectivity index (χ3n) is 8.92. The van der Waals surface area contributed by atoms with E-state index in [0.717, 1.165) is 38.5 Å². The smallest absolute Gasteiger partial charge is 0.462 e. The Morgan fingerprint density at radius 3 is 1.62 bits per heavy atom. The van der Waals surface area contributed by atoms with Gasteiger partial charge in [0.15, 0.2) is 6.10 Å². The van der Waals surface area contributed by atoms with E-state index < -0.39 is 38.6 Å². The first kappa shape index (κ1) is 51.0. The molecule has 0 aromatic rings. The standard InChI is InChI=1S/C43H77O9P/c1-3-5-7-9-11-13-15-17-18-19-20-22-24-26-28-30-32-36-43(46)52-41(39-51-53(47,48)49)38-50-42(45)37-33-35-40(44)34-31-29-27-25-23-21-16-14-12-10-8-6-4-2/h17-18,21,23,27,29,31,34,40-41,44H,3-16,19-20,22,24-26,28,30,32-33,35-39H2,1-2H3,(H2,47,48,49)/b18-17-,23-21+,29-27+,34-31+/t40?,41-/m1/s1. The van der Waals surface area contributed by atoms with E-state index >= 15 is 0 Å². The van der Waals surface area contributed by atoms with Crippen LogP contribution in [0.2, 0.25) is 0 Å². The van der Waals surface area contributed by atoms with Crippen LogP contribution in [-0.2, 0) is 28.2 Å². The molecule has 0 rings (SSSR count). The van der Waals surface area contributed by atoms with Crippen LogP contribution in [0.3, 0.4) is 0 Å². The van der Waals surface area contributed by atoms with Gasteiger partial charge in [0.2, 0.25) is 0 Å². The molecule has 0 amide bonds. The Balaban J connectivity index is 4.11. The Hall–Kier alpha value is -2.03. The van der Waals surface area contributed by atoms with Gasteiger partial charge in [-0.2, -0.15) is 0 Å². The molecule has 10 heteroatoms. The number of carbonyl (C=O) groups is 2. The zero-order valence-corrected chi connectivity index (χ0v) is 34.4. The molecule has 0 spiro atoms. The summed E-state index contributed by atoms with van der Waals surface area (Å²) in [6.45, 7) is 3.51. The van der Waals surface area contributed by atoms with Crippen LogP contribution in [-0.4, -0.2) is 52.3 Å². The second-order valence-electron chi connectivity index (χ2n) is 14.2. The molecule has 0 aromatic heterocycles. The van der Waals surface area contributed by atoms with Gasteiger partial charge in [0.25, 0.3) is 0 Å². The molecule has 0 aliphatic heterocycles. The molecule has 308 valence electrons. The zero-order chi connectivity index (χ0) is 39.1. The van der Waals surface area contributed by atoms with Crippen LogP contribution in [0.5, 0.6) is 0 Å². The molecule has 3 N–H and O–H groups in total. The molecule has 0 saturated carbocycles. The number of aliphatic hydroxyl groups excluding tert-OH is 1. The van der Waals surface area contributed by atoms with Gasteiger partial charge in [-0.05, 0) is 64.2 Å². The van der Waals surface area contributed by atoms with Crippen LogP contribution < -0.4 is 0 Å². The fraction of sp³-hybridized carbons (Fsp3) is 0.767. The molecular formula is C43H77O9P. The van der Waals surface area contributed by atoms with E-state index in [0.29, 0.717) is 19.3 Å². The van der Waals surface area contributed by atoms with Gasteiger partial charge in [-0.15, -0.1) is 0 Å². The summed E-state index contributed by atoms with van der Waals surface area (Å²) in [7, 11) is -4.80. The van der Waals surface area contributed by atoms with E-state index in [1.807, 2.05) is 12.2 Å². The molecule has 1 unspecified atom stereocenters. The van der Waals surface area contributed by atoms with Crippen molar-refractivity contribution in [2.45, 2.75) is 199 Å². The van der Waals surface area contributed by atoms with Gasteiger partial charge in [0, 0.05) is 12.8 Å². The lowest BCUT2D eigenvalue weighted by atomic mass is 10.1. The predicted molar refractivity (Wildman–Crippen MR) is 217 cm³/mol. The molecule has 0 radical (unpaired) electrons. The summed E-state index contributed by atoms with van der Waals surface area (Å²) in [6, 6.07) is 0. The van der Waals surface area contributed by atoms with Crippen molar-refractivity contribution < 1.29 is 43.0 Å². The average Bonchev–Trinajstić information content (AvgIpc) is 3.12. The lowest BCUT2D eigenvalue weighted by molar-refractivity contribution is -0.161. The number of esters is 2. The Kier molecular flexibility index (Phi) is 36.8. The molecule has 9 nitrogen and oxygen atoms in total. The van der Waals surface area contributed by atoms with E-state index in [-0.39, 0.29) is 19.4 Å². The molecule has 0 aliphatic rings. The highest BCUT2D eigenvalue weighted by Gasteiger charge is 2.23. The van der Waals surface area contributed by atoms with Crippen molar-refractivity contribution in [1.29, 1.82) is 0 Å². The maximum atomic E-state index is 12.4. The number of unbranched alkanes of at least 4 members (excludes halogenated alkanes) is 19. The first-order valence-corrected chi connectivity index (χ1v) is 22.6. The van der Waals surface area contributed by atoms with Crippen LogP contribution in [0, 0.1) is 0 Å². The first-order valence-electron chi connectivity index (χ1n) is 21.0. The van der Waals surface area contributed by atoms with Crippen LogP contribution >= 0.6 is 7.82 Å². The Morgan fingerprint density at radius 2 is 1.08 bits per heavy atom. The summed E-state index contributed by atoms with van der Waals surface area (Å²) in [5.74, 6) is -1.09. The second-order valence-corrected chi connectivity index (χ2v) is 15.4. The van der Waals surface area contributed by atoms with E-state index in [2.05, 4.69) is 42.7 Å². The number of hydrogen-bond acceptors (Lipinski definition) is 7. The lowest BCUT2D eigenvalue weighted by Gasteiger charge is -2.18. The van der Waals surface area contributed by atoms with Gasteiger partial charge >= 0.3 is 19.8 Å². The first-order chi connectivity index (χ1) is 25.7. The fourth-order valence-electron chi connectivity index (χ4n) is 5.73. The number of hydrogen-bond donors (Lipinski definition) is 3. The number of phosphoric acid groups is 1. The van der Waals surface area contributed by atoms with Crippen LogP contribution in [0.1, 0.15) is 187 Å². The summed E-state index contributed by atoms with van der Waals surface area (Å²) in [4.78, 5) is 42.8. The monoisotopic (exact) mass is 769 g/mol. The van der Waals surface area contributed by atoms with Gasteiger partial charge in [-0.25, -0.2) is 4.57 Å². The molecule has 2 atom stereocenters. The number of aliphatic hydroxyl groups is 1. The van der Waals surface area contributed by atoms with Gasteiger partial charge in [0.05, 0.1) is 12.7 Å². The highest BCUT2D eigenvalue weighted by Crippen LogP contribution is 2.36. The molecule has 0 aromatic carbocycles. The van der Waals surface area contributed by atoms with Gasteiger partial charge in [-0.3, -0.25) is 14.1 Å². The van der Waals surface area contributed by atoms with Crippen LogP contribution in [0.15, 0.2) is 48.6 Å². The molecule has 0 fully saturated rings.